The summed E-state index contributed by atoms with van der Waals surface area (Å²) in [5.41, 5.74) is 8.33. The largest absolute Gasteiger partial charge is 0.349 e. The number of rotatable bonds is 2. The minimum absolute atomic E-state index is 0.0165. The molecule has 2 atom stereocenters. The van der Waals surface area contributed by atoms with Crippen molar-refractivity contribution in [1.29, 1.82) is 0 Å². The fourth-order valence-electron chi connectivity index (χ4n) is 2.72. The van der Waals surface area contributed by atoms with Gasteiger partial charge in [-0.15, -0.1) is 0 Å². The molecule has 0 aliphatic heterocycles. The van der Waals surface area contributed by atoms with Crippen LogP contribution in [0.15, 0.2) is 0 Å². The monoisotopic (exact) mass is 250 g/mol. The fraction of sp³-hybridized carbons (Fsp3) is 0.692. The predicted octanol–water partition coefficient (Wildman–Crippen LogP) is 1.04. The lowest BCUT2D eigenvalue weighted by Gasteiger charge is -2.27. The van der Waals surface area contributed by atoms with Gasteiger partial charge < -0.3 is 11.1 Å². The smallest absolute Gasteiger partial charge is 0.255 e. The standard InChI is InChI=1S/C13H22N4O/c1-8-12(9(2)17(3)16-8)13(18)15-11-6-4-5-10(14)7-11/h10-11H,4-7,14H2,1-3H3,(H,15,18). The van der Waals surface area contributed by atoms with E-state index >= 15 is 0 Å². The maximum absolute atomic E-state index is 12.3. The Kier molecular flexibility index (Phi) is 3.71. The van der Waals surface area contributed by atoms with Gasteiger partial charge in [0, 0.05) is 24.8 Å². The van der Waals surface area contributed by atoms with E-state index in [1.165, 1.54) is 0 Å². The summed E-state index contributed by atoms with van der Waals surface area (Å²) < 4.78 is 1.75. The van der Waals surface area contributed by atoms with Crippen LogP contribution in [-0.2, 0) is 7.05 Å². The Morgan fingerprint density at radius 2 is 2.17 bits per heavy atom. The summed E-state index contributed by atoms with van der Waals surface area (Å²) >= 11 is 0. The van der Waals surface area contributed by atoms with Crippen LogP contribution in [0.25, 0.3) is 0 Å². The number of aromatic nitrogens is 2. The highest BCUT2D eigenvalue weighted by Gasteiger charge is 2.24. The predicted molar refractivity (Wildman–Crippen MR) is 70.4 cm³/mol. The van der Waals surface area contributed by atoms with Gasteiger partial charge in [0.2, 0.25) is 0 Å². The molecule has 0 saturated heterocycles. The first-order valence-electron chi connectivity index (χ1n) is 6.55. The van der Waals surface area contributed by atoms with E-state index in [4.69, 9.17) is 5.73 Å². The number of aryl methyl sites for hydroxylation is 2. The van der Waals surface area contributed by atoms with E-state index in [9.17, 15) is 4.79 Å². The summed E-state index contributed by atoms with van der Waals surface area (Å²) in [5, 5.41) is 7.36. The first kappa shape index (κ1) is 13.1. The molecule has 1 aliphatic rings. The molecule has 18 heavy (non-hydrogen) atoms. The van der Waals surface area contributed by atoms with Crippen LogP contribution in [0.3, 0.4) is 0 Å². The van der Waals surface area contributed by atoms with Crippen LogP contribution in [0, 0.1) is 13.8 Å². The minimum atomic E-state index is -0.0165. The number of carbonyl (C=O) groups excluding carboxylic acids is 1. The molecular weight excluding hydrogens is 228 g/mol. The number of hydrogen-bond donors (Lipinski definition) is 2. The van der Waals surface area contributed by atoms with Crippen molar-refractivity contribution in [2.75, 3.05) is 0 Å². The average Bonchev–Trinajstić information content (AvgIpc) is 2.53. The Hall–Kier alpha value is -1.36. The zero-order chi connectivity index (χ0) is 13.3. The van der Waals surface area contributed by atoms with Crippen LogP contribution in [0.4, 0.5) is 0 Å². The van der Waals surface area contributed by atoms with Crippen LogP contribution >= 0.6 is 0 Å². The van der Waals surface area contributed by atoms with E-state index in [1.807, 2.05) is 20.9 Å². The van der Waals surface area contributed by atoms with Gasteiger partial charge in [0.05, 0.1) is 11.3 Å². The maximum Gasteiger partial charge on any atom is 0.255 e. The molecule has 1 heterocycles. The topological polar surface area (TPSA) is 72.9 Å². The van der Waals surface area contributed by atoms with Crippen LogP contribution in [0.1, 0.15) is 47.4 Å². The molecule has 1 aliphatic carbocycles. The molecule has 1 amide bonds. The molecule has 1 aromatic heterocycles. The van der Waals surface area contributed by atoms with Crippen molar-refractivity contribution in [3.63, 3.8) is 0 Å². The van der Waals surface area contributed by atoms with Crippen molar-refractivity contribution in [1.82, 2.24) is 15.1 Å². The lowest BCUT2D eigenvalue weighted by Crippen LogP contribution is -2.42. The highest BCUT2D eigenvalue weighted by molar-refractivity contribution is 5.96. The van der Waals surface area contributed by atoms with E-state index < -0.39 is 0 Å². The SMILES string of the molecule is Cc1nn(C)c(C)c1C(=O)NC1CCCC(N)C1. The van der Waals surface area contributed by atoms with Crippen molar-refractivity contribution >= 4 is 5.91 Å². The Bertz CT molecular complexity index is 452. The van der Waals surface area contributed by atoms with Gasteiger partial charge in [-0.25, -0.2) is 0 Å². The third kappa shape index (κ3) is 2.56. The Labute approximate surface area is 108 Å². The number of hydrogen-bond acceptors (Lipinski definition) is 3. The summed E-state index contributed by atoms with van der Waals surface area (Å²) in [6.45, 7) is 3.79. The zero-order valence-corrected chi connectivity index (χ0v) is 11.4. The van der Waals surface area contributed by atoms with E-state index in [1.54, 1.807) is 4.68 Å². The summed E-state index contributed by atoms with van der Waals surface area (Å²) in [6, 6.07) is 0.431. The number of carbonyl (C=O) groups is 1. The third-order valence-corrected chi connectivity index (χ3v) is 3.79. The molecule has 5 heteroatoms. The van der Waals surface area contributed by atoms with Gasteiger partial charge in [0.25, 0.3) is 5.91 Å². The van der Waals surface area contributed by atoms with Crippen LogP contribution in [0.2, 0.25) is 0 Å². The molecule has 2 unspecified atom stereocenters. The van der Waals surface area contributed by atoms with Crippen LogP contribution < -0.4 is 11.1 Å². The zero-order valence-electron chi connectivity index (χ0n) is 11.4. The van der Waals surface area contributed by atoms with Crippen molar-refractivity contribution in [2.24, 2.45) is 12.8 Å². The fourth-order valence-corrected chi connectivity index (χ4v) is 2.72. The first-order valence-corrected chi connectivity index (χ1v) is 6.55. The van der Waals surface area contributed by atoms with Crippen molar-refractivity contribution < 1.29 is 4.79 Å². The Morgan fingerprint density at radius 3 is 2.72 bits per heavy atom. The minimum Gasteiger partial charge on any atom is -0.349 e. The molecule has 2 rings (SSSR count). The summed E-state index contributed by atoms with van der Waals surface area (Å²) in [4.78, 5) is 12.3. The van der Waals surface area contributed by atoms with Gasteiger partial charge in [0.1, 0.15) is 0 Å². The normalized spacial score (nSPS) is 24.0. The Morgan fingerprint density at radius 1 is 1.44 bits per heavy atom. The highest BCUT2D eigenvalue weighted by Crippen LogP contribution is 2.18. The van der Waals surface area contributed by atoms with Crippen LogP contribution in [-0.4, -0.2) is 27.8 Å². The molecule has 1 saturated carbocycles. The van der Waals surface area contributed by atoms with Gasteiger partial charge >= 0.3 is 0 Å². The maximum atomic E-state index is 12.3. The summed E-state index contributed by atoms with van der Waals surface area (Å²) in [6.07, 6.45) is 4.07. The molecule has 0 aromatic carbocycles. The molecule has 5 nitrogen and oxygen atoms in total. The van der Waals surface area contributed by atoms with E-state index in [0.717, 1.165) is 37.1 Å². The molecule has 0 bridgehead atoms. The number of nitrogens with two attached hydrogens (primary N) is 1. The lowest BCUT2D eigenvalue weighted by molar-refractivity contribution is 0.0924. The first-order chi connectivity index (χ1) is 8.49. The average molecular weight is 250 g/mol. The van der Waals surface area contributed by atoms with Crippen molar-refractivity contribution in [3.8, 4) is 0 Å². The molecule has 1 fully saturated rings. The lowest BCUT2D eigenvalue weighted by atomic mass is 9.91. The summed E-state index contributed by atoms with van der Waals surface area (Å²) in [5.74, 6) is -0.0165. The Balaban J connectivity index is 2.07. The van der Waals surface area contributed by atoms with E-state index in [-0.39, 0.29) is 18.0 Å². The second-order valence-corrected chi connectivity index (χ2v) is 5.27. The number of nitrogens with zero attached hydrogens (tertiary/aromatic N) is 2. The van der Waals surface area contributed by atoms with Gasteiger partial charge in [-0.2, -0.15) is 5.10 Å². The summed E-state index contributed by atoms with van der Waals surface area (Å²) in [7, 11) is 1.86. The number of nitrogens with one attached hydrogen (secondary N) is 1. The second kappa shape index (κ2) is 5.10. The molecule has 3 N–H and O–H groups in total. The molecule has 100 valence electrons. The van der Waals surface area contributed by atoms with Crippen molar-refractivity contribution in [3.05, 3.63) is 17.0 Å². The van der Waals surface area contributed by atoms with Gasteiger partial charge in [-0.1, -0.05) is 0 Å². The molecular formula is C13H22N4O. The van der Waals surface area contributed by atoms with Crippen molar-refractivity contribution in [2.45, 2.75) is 51.6 Å². The van der Waals surface area contributed by atoms with E-state index in [0.29, 0.717) is 5.56 Å². The molecule has 1 aromatic rings. The molecule has 0 spiro atoms. The quantitative estimate of drug-likeness (QED) is 0.823. The van der Waals surface area contributed by atoms with Gasteiger partial charge in [-0.05, 0) is 39.5 Å². The molecule has 0 radical (unpaired) electrons. The van der Waals surface area contributed by atoms with Gasteiger partial charge in [0.15, 0.2) is 0 Å². The van der Waals surface area contributed by atoms with Crippen LogP contribution in [0.5, 0.6) is 0 Å². The van der Waals surface area contributed by atoms with Gasteiger partial charge in [-0.3, -0.25) is 9.48 Å². The third-order valence-electron chi connectivity index (χ3n) is 3.79. The number of amides is 1. The second-order valence-electron chi connectivity index (χ2n) is 5.27. The highest BCUT2D eigenvalue weighted by atomic mass is 16.1. The van der Waals surface area contributed by atoms with E-state index in [2.05, 4.69) is 10.4 Å².